The van der Waals surface area contributed by atoms with Gasteiger partial charge >= 0.3 is 0 Å². The Balaban J connectivity index is 1.45. The van der Waals surface area contributed by atoms with Gasteiger partial charge in [0.2, 0.25) is 17.6 Å². The molecule has 0 spiro atoms. The van der Waals surface area contributed by atoms with E-state index in [4.69, 9.17) is 9.26 Å². The van der Waals surface area contributed by atoms with Crippen LogP contribution in [0.2, 0.25) is 0 Å². The van der Waals surface area contributed by atoms with Gasteiger partial charge in [0.25, 0.3) is 10.0 Å². The maximum atomic E-state index is 13.2. The summed E-state index contributed by atoms with van der Waals surface area (Å²) in [6, 6.07) is 8.56. The van der Waals surface area contributed by atoms with Crippen molar-refractivity contribution in [3.05, 3.63) is 41.6 Å². The molecule has 164 valence electrons. The normalized spacial score (nSPS) is 17.4. The van der Waals surface area contributed by atoms with Crippen molar-refractivity contribution in [1.29, 1.82) is 0 Å². The SMILES string of the molecule is COc1ccc(NC(=O)C2CCCN(S(=O)(=O)c3cc(-c4noc(C)n4)cs3)C2)cc1. The van der Waals surface area contributed by atoms with Crippen LogP contribution in [0.5, 0.6) is 5.75 Å². The number of amides is 1. The molecule has 31 heavy (non-hydrogen) atoms. The number of benzene rings is 1. The first-order chi connectivity index (χ1) is 14.9. The van der Waals surface area contributed by atoms with E-state index in [1.165, 1.54) is 4.31 Å². The molecule has 0 bridgehead atoms. The van der Waals surface area contributed by atoms with Gasteiger partial charge < -0.3 is 14.6 Å². The quantitative estimate of drug-likeness (QED) is 0.598. The number of sulfonamides is 1. The van der Waals surface area contributed by atoms with E-state index in [-0.39, 0.29) is 16.7 Å². The Labute approximate surface area is 184 Å². The molecule has 2 aromatic heterocycles. The van der Waals surface area contributed by atoms with Crippen molar-refractivity contribution in [2.24, 2.45) is 5.92 Å². The summed E-state index contributed by atoms with van der Waals surface area (Å²) in [6.45, 7) is 2.19. The van der Waals surface area contributed by atoms with Crippen LogP contribution in [0.4, 0.5) is 5.69 Å². The molecule has 0 aliphatic carbocycles. The Morgan fingerprint density at radius 2 is 2.10 bits per heavy atom. The number of ether oxygens (including phenoxy) is 1. The van der Waals surface area contributed by atoms with E-state index in [1.807, 2.05) is 0 Å². The second-order valence-corrected chi connectivity index (χ2v) is 10.3. The summed E-state index contributed by atoms with van der Waals surface area (Å²) in [5.74, 6) is 0.835. The fourth-order valence-electron chi connectivity index (χ4n) is 3.41. The Morgan fingerprint density at radius 3 is 2.77 bits per heavy atom. The van der Waals surface area contributed by atoms with Crippen LogP contribution in [0.25, 0.3) is 11.4 Å². The van der Waals surface area contributed by atoms with Crippen LogP contribution in [-0.2, 0) is 14.8 Å². The van der Waals surface area contributed by atoms with Crippen molar-refractivity contribution >= 4 is 33.0 Å². The first kappa shape index (κ1) is 21.5. The van der Waals surface area contributed by atoms with Crippen molar-refractivity contribution in [2.75, 3.05) is 25.5 Å². The standard InChI is InChI=1S/C20H22N4O5S2/c1-13-21-19(23-29-13)15-10-18(30-12-15)31(26,27)24-9-3-4-14(11-24)20(25)22-16-5-7-17(28-2)8-6-16/h5-8,10,12,14H,3-4,9,11H2,1-2H3,(H,22,25). The van der Waals surface area contributed by atoms with Crippen LogP contribution < -0.4 is 10.1 Å². The Hall–Kier alpha value is -2.76. The van der Waals surface area contributed by atoms with Crippen molar-refractivity contribution < 1.29 is 22.5 Å². The summed E-state index contributed by atoms with van der Waals surface area (Å²) in [6.07, 6.45) is 1.24. The molecular formula is C20H22N4O5S2. The lowest BCUT2D eigenvalue weighted by molar-refractivity contribution is -0.120. The lowest BCUT2D eigenvalue weighted by atomic mass is 9.99. The third-order valence-corrected chi connectivity index (χ3v) is 8.35. The van der Waals surface area contributed by atoms with E-state index < -0.39 is 15.9 Å². The van der Waals surface area contributed by atoms with Crippen LogP contribution in [0.1, 0.15) is 18.7 Å². The number of hydrogen-bond donors (Lipinski definition) is 1. The molecule has 3 heterocycles. The predicted octanol–water partition coefficient (Wildman–Crippen LogP) is 3.15. The van der Waals surface area contributed by atoms with Gasteiger partial charge in [-0.25, -0.2) is 8.42 Å². The second kappa shape index (κ2) is 8.77. The zero-order chi connectivity index (χ0) is 22.0. The maximum absolute atomic E-state index is 13.2. The number of nitrogens with zero attached hydrogens (tertiary/aromatic N) is 3. The van der Waals surface area contributed by atoms with Gasteiger partial charge in [0.1, 0.15) is 9.96 Å². The van der Waals surface area contributed by atoms with Crippen LogP contribution in [0.15, 0.2) is 44.4 Å². The number of aromatic nitrogens is 2. The molecule has 1 aliphatic rings. The first-order valence-corrected chi connectivity index (χ1v) is 12.0. The van der Waals surface area contributed by atoms with E-state index in [0.717, 1.165) is 11.3 Å². The molecule has 1 atom stereocenters. The summed E-state index contributed by atoms with van der Waals surface area (Å²) in [4.78, 5) is 16.9. The van der Waals surface area contributed by atoms with Gasteiger partial charge in [-0.2, -0.15) is 9.29 Å². The van der Waals surface area contributed by atoms with Gasteiger partial charge in [0.05, 0.1) is 13.0 Å². The zero-order valence-corrected chi connectivity index (χ0v) is 18.7. The Kier molecular flexibility index (Phi) is 6.08. The Morgan fingerprint density at radius 1 is 1.32 bits per heavy atom. The lowest BCUT2D eigenvalue weighted by Gasteiger charge is -2.30. The number of carbonyl (C=O) groups is 1. The molecule has 0 saturated carbocycles. The number of nitrogens with one attached hydrogen (secondary N) is 1. The molecule has 11 heteroatoms. The van der Waals surface area contributed by atoms with Gasteiger partial charge in [-0.15, -0.1) is 11.3 Å². The molecule has 9 nitrogen and oxygen atoms in total. The highest BCUT2D eigenvalue weighted by atomic mass is 32.2. The fraction of sp³-hybridized carbons (Fsp3) is 0.350. The summed E-state index contributed by atoms with van der Waals surface area (Å²) in [7, 11) is -2.15. The summed E-state index contributed by atoms with van der Waals surface area (Å²) >= 11 is 1.11. The van der Waals surface area contributed by atoms with Crippen molar-refractivity contribution in [3.63, 3.8) is 0 Å². The van der Waals surface area contributed by atoms with Crippen molar-refractivity contribution in [2.45, 2.75) is 24.0 Å². The summed E-state index contributed by atoms with van der Waals surface area (Å²) in [5, 5.41) is 8.38. The number of carbonyl (C=O) groups excluding carboxylic acids is 1. The van der Waals surface area contributed by atoms with Crippen LogP contribution in [-0.4, -0.2) is 49.0 Å². The van der Waals surface area contributed by atoms with Crippen LogP contribution in [0, 0.1) is 12.8 Å². The molecule has 1 N–H and O–H groups in total. The first-order valence-electron chi connectivity index (χ1n) is 9.71. The second-order valence-electron chi connectivity index (χ2n) is 7.21. The summed E-state index contributed by atoms with van der Waals surface area (Å²) < 4.78 is 38.0. The molecule has 1 saturated heterocycles. The molecular weight excluding hydrogens is 440 g/mol. The van der Waals surface area contributed by atoms with Crippen molar-refractivity contribution in [3.8, 4) is 17.1 Å². The van der Waals surface area contributed by atoms with Crippen LogP contribution in [0.3, 0.4) is 0 Å². The third kappa shape index (κ3) is 4.63. The lowest BCUT2D eigenvalue weighted by Crippen LogP contribution is -2.43. The Bertz CT molecular complexity index is 1170. The topological polar surface area (TPSA) is 115 Å². The number of anilines is 1. The number of hydrogen-bond acceptors (Lipinski definition) is 8. The predicted molar refractivity (Wildman–Crippen MR) is 115 cm³/mol. The smallest absolute Gasteiger partial charge is 0.252 e. The molecule has 1 fully saturated rings. The van der Waals surface area contributed by atoms with Gasteiger partial charge in [0.15, 0.2) is 0 Å². The van der Waals surface area contributed by atoms with Crippen molar-refractivity contribution in [1.82, 2.24) is 14.4 Å². The molecule has 1 aromatic carbocycles. The number of aryl methyl sites for hydroxylation is 1. The van der Waals surface area contributed by atoms with E-state index >= 15 is 0 Å². The largest absolute Gasteiger partial charge is 0.497 e. The van der Waals surface area contributed by atoms with E-state index in [9.17, 15) is 13.2 Å². The van der Waals surface area contributed by atoms with Gasteiger partial charge in [0, 0.05) is 36.6 Å². The van der Waals surface area contributed by atoms with E-state index in [1.54, 1.807) is 49.7 Å². The van der Waals surface area contributed by atoms with Gasteiger partial charge in [-0.05, 0) is 43.2 Å². The average molecular weight is 463 g/mol. The number of thiophene rings is 1. The number of rotatable bonds is 6. The number of piperidine rings is 1. The van der Waals surface area contributed by atoms with E-state index in [2.05, 4.69) is 15.5 Å². The average Bonchev–Trinajstić information content (AvgIpc) is 3.44. The zero-order valence-electron chi connectivity index (χ0n) is 17.1. The number of methoxy groups -OCH3 is 1. The monoisotopic (exact) mass is 462 g/mol. The minimum Gasteiger partial charge on any atom is -0.497 e. The van der Waals surface area contributed by atoms with Gasteiger partial charge in [-0.1, -0.05) is 5.16 Å². The highest BCUT2D eigenvalue weighted by molar-refractivity contribution is 7.91. The molecule has 3 aromatic rings. The fourth-order valence-corrected chi connectivity index (χ4v) is 6.24. The molecule has 1 aliphatic heterocycles. The molecule has 1 amide bonds. The highest BCUT2D eigenvalue weighted by Gasteiger charge is 2.34. The highest BCUT2D eigenvalue weighted by Crippen LogP contribution is 2.31. The van der Waals surface area contributed by atoms with Crippen LogP contribution >= 0.6 is 11.3 Å². The van der Waals surface area contributed by atoms with E-state index in [0.29, 0.717) is 48.1 Å². The van der Waals surface area contributed by atoms with Gasteiger partial charge in [-0.3, -0.25) is 4.79 Å². The minimum absolute atomic E-state index is 0.138. The summed E-state index contributed by atoms with van der Waals surface area (Å²) in [5.41, 5.74) is 1.23. The molecule has 1 unspecified atom stereocenters. The molecule has 0 radical (unpaired) electrons. The maximum Gasteiger partial charge on any atom is 0.252 e. The third-order valence-electron chi connectivity index (χ3n) is 5.07. The minimum atomic E-state index is -3.72. The molecule has 4 rings (SSSR count).